The molecule has 128 valence electrons. The van der Waals surface area contributed by atoms with Gasteiger partial charge in [-0.05, 0) is 48.7 Å². The van der Waals surface area contributed by atoms with Gasteiger partial charge in [0.2, 0.25) is 0 Å². The van der Waals surface area contributed by atoms with Crippen molar-refractivity contribution in [3.8, 4) is 17.2 Å². The van der Waals surface area contributed by atoms with Crippen LogP contribution in [0.1, 0.15) is 17.9 Å². The Morgan fingerprint density at radius 3 is 2.75 bits per heavy atom. The first-order valence-electron chi connectivity index (χ1n) is 8.13. The van der Waals surface area contributed by atoms with E-state index in [1.54, 1.807) is 18.2 Å². The molecule has 0 saturated carbocycles. The minimum absolute atomic E-state index is 0.0911. The molecule has 0 spiro atoms. The zero-order valence-electron chi connectivity index (χ0n) is 13.7. The maximum absolute atomic E-state index is 13.2. The third kappa shape index (κ3) is 3.79. The molecule has 0 amide bonds. The number of phenols is 1. The molecule has 0 aromatic heterocycles. The van der Waals surface area contributed by atoms with Gasteiger partial charge >= 0.3 is 0 Å². The van der Waals surface area contributed by atoms with Gasteiger partial charge in [-0.3, -0.25) is 0 Å². The highest BCUT2D eigenvalue weighted by atomic mass is 19.1. The Morgan fingerprint density at radius 2 is 2.00 bits per heavy atom. The van der Waals surface area contributed by atoms with Gasteiger partial charge in [0.15, 0.2) is 11.5 Å². The van der Waals surface area contributed by atoms with Crippen molar-refractivity contribution in [1.29, 1.82) is 0 Å². The zero-order valence-corrected chi connectivity index (χ0v) is 13.7. The molecule has 1 aliphatic heterocycles. The highest BCUT2D eigenvalue weighted by Gasteiger charge is 2.27. The van der Waals surface area contributed by atoms with Gasteiger partial charge < -0.3 is 19.9 Å². The Morgan fingerprint density at radius 1 is 1.21 bits per heavy atom. The number of rotatable bonds is 5. The Kier molecular flexibility index (Phi) is 5.20. The molecule has 4 nitrogen and oxygen atoms in total. The fourth-order valence-corrected chi connectivity index (χ4v) is 3.20. The largest absolute Gasteiger partial charge is 0.504 e. The van der Waals surface area contributed by atoms with Crippen LogP contribution in [0.3, 0.4) is 0 Å². The first-order valence-corrected chi connectivity index (χ1v) is 8.13. The van der Waals surface area contributed by atoms with Crippen LogP contribution in [0, 0.1) is 11.7 Å². The summed E-state index contributed by atoms with van der Waals surface area (Å²) in [6.07, 6.45) is 0.999. The maximum Gasteiger partial charge on any atom is 0.164 e. The van der Waals surface area contributed by atoms with Crippen LogP contribution in [-0.2, 0) is 0 Å². The van der Waals surface area contributed by atoms with E-state index in [0.29, 0.717) is 29.9 Å². The molecule has 0 aliphatic carbocycles. The van der Waals surface area contributed by atoms with Crippen molar-refractivity contribution >= 4 is 0 Å². The first kappa shape index (κ1) is 16.6. The second kappa shape index (κ2) is 7.53. The van der Waals surface area contributed by atoms with Crippen LogP contribution in [-0.4, -0.2) is 31.9 Å². The number of hydrogen-bond donors (Lipinski definition) is 2. The van der Waals surface area contributed by atoms with E-state index < -0.39 is 0 Å². The van der Waals surface area contributed by atoms with E-state index >= 15 is 0 Å². The standard InChI is InChI=1S/C19H22FNO3/c1-23-19-10-16(6-7-18(19)22)24-12-14-11-21-9-8-17(14)13-2-4-15(20)5-3-13/h2-7,10,14,17,21-22H,8-9,11-12H2,1H3/t14-,17+/m1/s1. The van der Waals surface area contributed by atoms with E-state index in [2.05, 4.69) is 5.32 Å². The van der Waals surface area contributed by atoms with Gasteiger partial charge in [-0.15, -0.1) is 0 Å². The highest BCUT2D eigenvalue weighted by molar-refractivity contribution is 5.44. The third-order valence-electron chi connectivity index (χ3n) is 4.52. The van der Waals surface area contributed by atoms with Gasteiger partial charge in [0.05, 0.1) is 13.7 Å². The molecular formula is C19H22FNO3. The lowest BCUT2D eigenvalue weighted by Crippen LogP contribution is -2.38. The monoisotopic (exact) mass is 331 g/mol. The molecule has 0 radical (unpaired) electrons. The average molecular weight is 331 g/mol. The normalized spacial score (nSPS) is 20.6. The van der Waals surface area contributed by atoms with E-state index in [0.717, 1.165) is 25.1 Å². The van der Waals surface area contributed by atoms with Gasteiger partial charge in [-0.2, -0.15) is 0 Å². The molecule has 2 aromatic rings. The second-order valence-corrected chi connectivity index (χ2v) is 6.06. The Bertz CT molecular complexity index is 675. The molecule has 1 heterocycles. The lowest BCUT2D eigenvalue weighted by Gasteiger charge is -2.32. The van der Waals surface area contributed by atoms with Crippen LogP contribution < -0.4 is 14.8 Å². The molecule has 5 heteroatoms. The second-order valence-electron chi connectivity index (χ2n) is 6.06. The predicted octanol–water partition coefficient (Wildman–Crippen LogP) is 3.31. The van der Waals surface area contributed by atoms with Gasteiger partial charge in [-0.25, -0.2) is 4.39 Å². The van der Waals surface area contributed by atoms with Crippen LogP contribution in [0.2, 0.25) is 0 Å². The summed E-state index contributed by atoms with van der Waals surface area (Å²) in [4.78, 5) is 0. The number of phenolic OH excluding ortho intramolecular Hbond substituents is 1. The van der Waals surface area contributed by atoms with Gasteiger partial charge in [0.25, 0.3) is 0 Å². The van der Waals surface area contributed by atoms with Crippen LogP contribution >= 0.6 is 0 Å². The number of methoxy groups -OCH3 is 1. The number of halogens is 1. The molecule has 0 bridgehead atoms. The molecule has 2 aromatic carbocycles. The summed E-state index contributed by atoms with van der Waals surface area (Å²) in [5.41, 5.74) is 1.15. The van der Waals surface area contributed by atoms with Crippen LogP contribution in [0.15, 0.2) is 42.5 Å². The lowest BCUT2D eigenvalue weighted by molar-refractivity contribution is 0.196. The van der Waals surface area contributed by atoms with Crippen molar-refractivity contribution in [2.75, 3.05) is 26.8 Å². The fraction of sp³-hybridized carbons (Fsp3) is 0.368. The van der Waals surface area contributed by atoms with Crippen molar-refractivity contribution in [2.24, 2.45) is 5.92 Å². The number of piperidine rings is 1. The van der Waals surface area contributed by atoms with Gasteiger partial charge in [-0.1, -0.05) is 12.1 Å². The summed E-state index contributed by atoms with van der Waals surface area (Å²) in [5.74, 6) is 1.57. The van der Waals surface area contributed by atoms with Crippen molar-refractivity contribution in [1.82, 2.24) is 5.32 Å². The number of benzene rings is 2. The van der Waals surface area contributed by atoms with E-state index in [9.17, 15) is 9.50 Å². The fourth-order valence-electron chi connectivity index (χ4n) is 3.20. The van der Waals surface area contributed by atoms with Crippen LogP contribution in [0.5, 0.6) is 17.2 Å². The molecule has 0 unspecified atom stereocenters. The molecule has 3 rings (SSSR count). The van der Waals surface area contributed by atoms with Crippen molar-refractivity contribution in [2.45, 2.75) is 12.3 Å². The highest BCUT2D eigenvalue weighted by Crippen LogP contribution is 2.33. The topological polar surface area (TPSA) is 50.7 Å². The predicted molar refractivity (Wildman–Crippen MR) is 90.3 cm³/mol. The van der Waals surface area contributed by atoms with Gasteiger partial charge in [0, 0.05) is 18.5 Å². The first-order chi connectivity index (χ1) is 11.7. The smallest absolute Gasteiger partial charge is 0.164 e. The molecule has 2 atom stereocenters. The lowest BCUT2D eigenvalue weighted by atomic mass is 9.81. The summed E-state index contributed by atoms with van der Waals surface area (Å²) in [6, 6.07) is 11.7. The van der Waals surface area contributed by atoms with Crippen molar-refractivity contribution in [3.05, 3.63) is 53.8 Å². The van der Waals surface area contributed by atoms with E-state index in [1.165, 1.54) is 19.2 Å². The summed E-state index contributed by atoms with van der Waals surface area (Å²) in [6.45, 7) is 2.35. The summed E-state index contributed by atoms with van der Waals surface area (Å²) < 4.78 is 24.2. The van der Waals surface area contributed by atoms with Crippen LogP contribution in [0.25, 0.3) is 0 Å². The Balaban J connectivity index is 1.69. The molecule has 1 saturated heterocycles. The third-order valence-corrected chi connectivity index (χ3v) is 4.52. The van der Waals surface area contributed by atoms with Crippen molar-refractivity contribution in [3.63, 3.8) is 0 Å². The van der Waals surface area contributed by atoms with Crippen LogP contribution in [0.4, 0.5) is 4.39 Å². The number of ether oxygens (including phenoxy) is 2. The number of nitrogens with one attached hydrogen (secondary N) is 1. The summed E-state index contributed by atoms with van der Waals surface area (Å²) in [7, 11) is 1.51. The minimum atomic E-state index is -0.211. The summed E-state index contributed by atoms with van der Waals surface area (Å²) >= 11 is 0. The number of aromatic hydroxyl groups is 1. The molecule has 1 aliphatic rings. The Hall–Kier alpha value is -2.27. The SMILES string of the molecule is COc1cc(OC[C@H]2CNCC[C@H]2c2ccc(F)cc2)ccc1O. The van der Waals surface area contributed by atoms with E-state index in [-0.39, 0.29) is 11.6 Å². The van der Waals surface area contributed by atoms with E-state index in [1.807, 2.05) is 12.1 Å². The Labute approximate surface area is 141 Å². The maximum atomic E-state index is 13.2. The molecule has 2 N–H and O–H groups in total. The van der Waals surface area contributed by atoms with Crippen molar-refractivity contribution < 1.29 is 19.0 Å². The molecule has 1 fully saturated rings. The quantitative estimate of drug-likeness (QED) is 0.882. The minimum Gasteiger partial charge on any atom is -0.504 e. The molecular weight excluding hydrogens is 309 g/mol. The van der Waals surface area contributed by atoms with Gasteiger partial charge in [0.1, 0.15) is 11.6 Å². The number of hydrogen-bond acceptors (Lipinski definition) is 4. The zero-order chi connectivity index (χ0) is 16.9. The average Bonchev–Trinajstić information content (AvgIpc) is 2.62. The van der Waals surface area contributed by atoms with E-state index in [4.69, 9.17) is 9.47 Å². The summed E-state index contributed by atoms with van der Waals surface area (Å²) in [5, 5.41) is 13.0. The molecule has 24 heavy (non-hydrogen) atoms.